The van der Waals surface area contributed by atoms with Crippen LogP contribution in [0.25, 0.3) is 0 Å². The highest BCUT2D eigenvalue weighted by atomic mass is 32.2. The lowest BCUT2D eigenvalue weighted by atomic mass is 10.3. The van der Waals surface area contributed by atoms with Crippen LogP contribution in [0.3, 0.4) is 0 Å². The number of benzene rings is 1. The van der Waals surface area contributed by atoms with Gasteiger partial charge in [0.15, 0.2) is 9.84 Å². The van der Waals surface area contributed by atoms with Crippen molar-refractivity contribution in [3.63, 3.8) is 0 Å². The van der Waals surface area contributed by atoms with E-state index in [4.69, 9.17) is 10.9 Å². The zero-order valence-corrected chi connectivity index (χ0v) is 11.8. The highest BCUT2D eigenvalue weighted by Gasteiger charge is 2.09. The standard InChI is InChI=1S/C11H16N2O3S2/c1-8(7-11(12)13-14)17-9-3-5-10(6-4-9)18(2,15)16/h3-6,8,14H,7H2,1-2H3,(H2,12,13). The molecule has 1 unspecified atom stereocenters. The van der Waals surface area contributed by atoms with E-state index in [-0.39, 0.29) is 11.1 Å². The molecule has 0 heterocycles. The van der Waals surface area contributed by atoms with Crippen molar-refractivity contribution in [3.8, 4) is 0 Å². The Bertz CT molecular complexity index is 524. The fraction of sp³-hybridized carbons (Fsp3) is 0.364. The zero-order chi connectivity index (χ0) is 13.8. The normalized spacial score (nSPS) is 14.4. The van der Waals surface area contributed by atoms with E-state index in [1.54, 1.807) is 24.3 Å². The highest BCUT2D eigenvalue weighted by molar-refractivity contribution is 8.00. The van der Waals surface area contributed by atoms with Gasteiger partial charge in [-0.05, 0) is 24.3 Å². The first-order valence-corrected chi connectivity index (χ1v) is 8.03. The number of amidine groups is 1. The van der Waals surface area contributed by atoms with Gasteiger partial charge in [-0.3, -0.25) is 0 Å². The van der Waals surface area contributed by atoms with E-state index in [0.29, 0.717) is 11.3 Å². The number of sulfone groups is 1. The summed E-state index contributed by atoms with van der Waals surface area (Å²) in [6.45, 7) is 1.95. The Balaban J connectivity index is 2.70. The lowest BCUT2D eigenvalue weighted by Gasteiger charge is -2.10. The van der Waals surface area contributed by atoms with Crippen molar-refractivity contribution in [2.75, 3.05) is 6.26 Å². The summed E-state index contributed by atoms with van der Waals surface area (Å²) in [5, 5.41) is 11.5. The molecule has 0 aliphatic carbocycles. The Labute approximate surface area is 111 Å². The third kappa shape index (κ3) is 4.58. The molecule has 3 N–H and O–H groups in total. The first-order valence-electron chi connectivity index (χ1n) is 5.26. The number of nitrogens with two attached hydrogens (primary N) is 1. The molecule has 0 spiro atoms. The summed E-state index contributed by atoms with van der Waals surface area (Å²) in [5.41, 5.74) is 5.42. The number of nitrogens with zero attached hydrogens (tertiary/aromatic N) is 1. The van der Waals surface area contributed by atoms with Crippen molar-refractivity contribution in [1.82, 2.24) is 0 Å². The number of hydrogen-bond donors (Lipinski definition) is 2. The largest absolute Gasteiger partial charge is 0.409 e. The molecule has 100 valence electrons. The molecule has 1 rings (SSSR count). The molecular weight excluding hydrogens is 272 g/mol. The molecule has 1 aromatic rings. The Morgan fingerprint density at radius 1 is 1.44 bits per heavy atom. The van der Waals surface area contributed by atoms with Crippen LogP contribution in [0.15, 0.2) is 39.2 Å². The van der Waals surface area contributed by atoms with Gasteiger partial charge in [0.1, 0.15) is 5.84 Å². The van der Waals surface area contributed by atoms with Gasteiger partial charge in [0.25, 0.3) is 0 Å². The van der Waals surface area contributed by atoms with Crippen molar-refractivity contribution < 1.29 is 13.6 Å². The van der Waals surface area contributed by atoms with Crippen LogP contribution in [0.5, 0.6) is 0 Å². The molecule has 7 heteroatoms. The summed E-state index contributed by atoms with van der Waals surface area (Å²) >= 11 is 1.54. The second kappa shape index (κ2) is 6.10. The summed E-state index contributed by atoms with van der Waals surface area (Å²) in [5.74, 6) is 0.183. The predicted octanol–water partition coefficient (Wildman–Crippen LogP) is 1.71. The van der Waals surface area contributed by atoms with Crippen molar-refractivity contribution in [2.45, 2.75) is 28.4 Å². The average molecular weight is 288 g/mol. The van der Waals surface area contributed by atoms with Crippen LogP contribution in [-0.4, -0.2) is 31.0 Å². The summed E-state index contributed by atoms with van der Waals surface area (Å²) in [7, 11) is -3.15. The number of thioether (sulfide) groups is 1. The third-order valence-corrected chi connectivity index (χ3v) is 4.46. The number of rotatable bonds is 5. The molecule has 0 saturated heterocycles. The van der Waals surface area contributed by atoms with Crippen LogP contribution >= 0.6 is 11.8 Å². The van der Waals surface area contributed by atoms with Gasteiger partial charge in [-0.25, -0.2) is 8.42 Å². The van der Waals surface area contributed by atoms with Gasteiger partial charge in [-0.15, -0.1) is 11.8 Å². The van der Waals surface area contributed by atoms with E-state index in [0.717, 1.165) is 4.90 Å². The van der Waals surface area contributed by atoms with E-state index < -0.39 is 9.84 Å². The topological polar surface area (TPSA) is 92.8 Å². The summed E-state index contributed by atoms with van der Waals surface area (Å²) in [6.07, 6.45) is 1.64. The molecule has 0 aliphatic heterocycles. The summed E-state index contributed by atoms with van der Waals surface area (Å²) < 4.78 is 22.6. The molecule has 0 radical (unpaired) electrons. The monoisotopic (exact) mass is 288 g/mol. The molecule has 0 fully saturated rings. The van der Waals surface area contributed by atoms with Gasteiger partial charge < -0.3 is 10.9 Å². The molecule has 1 atom stereocenters. The van der Waals surface area contributed by atoms with Crippen LogP contribution in [-0.2, 0) is 9.84 Å². The molecule has 0 saturated carbocycles. The SMILES string of the molecule is CC(CC(N)=NO)Sc1ccc(S(C)(=O)=O)cc1. The molecule has 5 nitrogen and oxygen atoms in total. The van der Waals surface area contributed by atoms with E-state index in [1.807, 2.05) is 6.92 Å². The van der Waals surface area contributed by atoms with E-state index in [1.165, 1.54) is 18.0 Å². The predicted molar refractivity (Wildman–Crippen MR) is 72.9 cm³/mol. The van der Waals surface area contributed by atoms with Gasteiger partial charge >= 0.3 is 0 Å². The molecule has 18 heavy (non-hydrogen) atoms. The molecule has 1 aromatic carbocycles. The molecule has 0 amide bonds. The Morgan fingerprint density at radius 3 is 2.44 bits per heavy atom. The smallest absolute Gasteiger partial charge is 0.175 e. The fourth-order valence-corrected chi connectivity index (χ4v) is 3.02. The minimum Gasteiger partial charge on any atom is -0.409 e. The third-order valence-electron chi connectivity index (χ3n) is 2.21. The maximum atomic E-state index is 11.3. The maximum absolute atomic E-state index is 11.3. The van der Waals surface area contributed by atoms with Gasteiger partial charge in [-0.1, -0.05) is 12.1 Å². The molecule has 0 aromatic heterocycles. The maximum Gasteiger partial charge on any atom is 0.175 e. The van der Waals surface area contributed by atoms with Crippen molar-refractivity contribution >= 4 is 27.4 Å². The van der Waals surface area contributed by atoms with E-state index in [9.17, 15) is 8.42 Å². The van der Waals surface area contributed by atoms with Crippen LogP contribution in [0.1, 0.15) is 13.3 Å². The van der Waals surface area contributed by atoms with Gasteiger partial charge in [0.2, 0.25) is 0 Å². The first kappa shape index (κ1) is 14.8. The quantitative estimate of drug-likeness (QED) is 0.283. The van der Waals surface area contributed by atoms with Crippen molar-refractivity contribution in [3.05, 3.63) is 24.3 Å². The van der Waals surface area contributed by atoms with Crippen LogP contribution < -0.4 is 5.73 Å². The lowest BCUT2D eigenvalue weighted by Crippen LogP contribution is -2.16. The zero-order valence-electron chi connectivity index (χ0n) is 10.2. The summed E-state index contributed by atoms with van der Waals surface area (Å²) in [4.78, 5) is 1.25. The van der Waals surface area contributed by atoms with Crippen LogP contribution in [0.4, 0.5) is 0 Å². The second-order valence-corrected chi connectivity index (χ2v) is 7.50. The number of hydrogen-bond acceptors (Lipinski definition) is 5. The van der Waals surface area contributed by atoms with Crippen molar-refractivity contribution in [1.29, 1.82) is 0 Å². The minimum absolute atomic E-state index is 0.144. The van der Waals surface area contributed by atoms with E-state index in [2.05, 4.69) is 5.16 Å². The Hall–Kier alpha value is -1.21. The molecule has 0 bridgehead atoms. The Kier molecular flexibility index (Phi) is 5.03. The van der Waals surface area contributed by atoms with Gasteiger partial charge in [0.05, 0.1) is 4.90 Å². The highest BCUT2D eigenvalue weighted by Crippen LogP contribution is 2.26. The molecule has 0 aliphatic rings. The molecular formula is C11H16N2O3S2. The Morgan fingerprint density at radius 2 is 2.00 bits per heavy atom. The first-order chi connectivity index (χ1) is 8.32. The second-order valence-electron chi connectivity index (χ2n) is 3.97. The summed E-state index contributed by atoms with van der Waals surface area (Å²) in [6, 6.07) is 6.66. The van der Waals surface area contributed by atoms with Crippen LogP contribution in [0.2, 0.25) is 0 Å². The fourth-order valence-electron chi connectivity index (χ4n) is 1.37. The average Bonchev–Trinajstić information content (AvgIpc) is 2.28. The van der Waals surface area contributed by atoms with Gasteiger partial charge in [-0.2, -0.15) is 0 Å². The van der Waals surface area contributed by atoms with E-state index >= 15 is 0 Å². The van der Waals surface area contributed by atoms with Crippen molar-refractivity contribution in [2.24, 2.45) is 10.9 Å². The van der Waals surface area contributed by atoms with Crippen LogP contribution in [0, 0.1) is 0 Å². The number of oxime groups is 1. The lowest BCUT2D eigenvalue weighted by molar-refractivity contribution is 0.317. The van der Waals surface area contributed by atoms with Gasteiger partial charge in [0, 0.05) is 22.8 Å². The minimum atomic E-state index is -3.15.